The largest absolute Gasteiger partial charge is 0.380 e. The Hall–Kier alpha value is -2.34. The summed E-state index contributed by atoms with van der Waals surface area (Å²) in [7, 11) is 3.48. The number of hydrogen-bond acceptors (Lipinski definition) is 4. The second-order valence-electron chi connectivity index (χ2n) is 5.72. The molecule has 1 heterocycles. The van der Waals surface area contributed by atoms with Gasteiger partial charge in [-0.2, -0.15) is 0 Å². The molecule has 0 unspecified atom stereocenters. The molecule has 0 saturated heterocycles. The van der Waals surface area contributed by atoms with Crippen molar-refractivity contribution in [3.8, 4) is 0 Å². The zero-order valence-corrected chi connectivity index (χ0v) is 15.6. The van der Waals surface area contributed by atoms with Gasteiger partial charge < -0.3 is 19.9 Å². The van der Waals surface area contributed by atoms with Gasteiger partial charge in [0, 0.05) is 39.2 Å². The molecule has 0 radical (unpaired) electrons. The second-order valence-corrected chi connectivity index (χ2v) is 5.72. The van der Waals surface area contributed by atoms with Crippen LogP contribution in [0, 0.1) is 0 Å². The number of rotatable bonds is 8. The lowest BCUT2D eigenvalue weighted by molar-refractivity contribution is 0.184. The molecule has 0 aliphatic heterocycles. The Kier molecular flexibility index (Phi) is 7.47. The minimum atomic E-state index is 0.601. The number of nitrogens with one attached hydrogen (secondary N) is 2. The number of guanidine groups is 1. The van der Waals surface area contributed by atoms with Crippen LogP contribution in [0.15, 0.2) is 33.8 Å². The number of aliphatic imine (C=N–C) groups is 1. The van der Waals surface area contributed by atoms with Gasteiger partial charge in [0.2, 0.25) is 0 Å². The Balaban J connectivity index is 1.97. The van der Waals surface area contributed by atoms with Crippen molar-refractivity contribution >= 4 is 5.96 Å². The van der Waals surface area contributed by atoms with Crippen LogP contribution in [-0.4, -0.2) is 25.3 Å². The van der Waals surface area contributed by atoms with Crippen LogP contribution >= 0.6 is 0 Å². The summed E-state index contributed by atoms with van der Waals surface area (Å²) in [5.74, 6) is 1.68. The number of nitrogens with zero attached hydrogens (tertiary/aromatic N) is 2. The molecule has 0 aliphatic rings. The Morgan fingerprint density at radius 2 is 1.84 bits per heavy atom. The molecule has 0 bridgehead atoms. The molecular weight excluding hydrogens is 316 g/mol. The quantitative estimate of drug-likeness (QED) is 0.569. The zero-order valence-electron chi connectivity index (χ0n) is 15.6. The van der Waals surface area contributed by atoms with E-state index in [4.69, 9.17) is 9.26 Å². The topological polar surface area (TPSA) is 71.7 Å². The van der Waals surface area contributed by atoms with Crippen LogP contribution in [0.2, 0.25) is 0 Å². The van der Waals surface area contributed by atoms with E-state index in [1.807, 2.05) is 12.1 Å². The highest BCUT2D eigenvalue weighted by Crippen LogP contribution is 2.15. The van der Waals surface area contributed by atoms with Gasteiger partial charge in [-0.05, 0) is 17.5 Å². The molecule has 1 aromatic heterocycles. The first-order valence-corrected chi connectivity index (χ1v) is 8.69. The van der Waals surface area contributed by atoms with Crippen molar-refractivity contribution < 1.29 is 9.26 Å². The third-order valence-corrected chi connectivity index (χ3v) is 4.13. The van der Waals surface area contributed by atoms with Gasteiger partial charge in [-0.1, -0.05) is 43.3 Å². The lowest BCUT2D eigenvalue weighted by Crippen LogP contribution is -2.36. The molecule has 1 aromatic carbocycles. The van der Waals surface area contributed by atoms with Gasteiger partial charge in [-0.3, -0.25) is 4.99 Å². The molecule has 2 rings (SSSR count). The smallest absolute Gasteiger partial charge is 0.191 e. The van der Waals surface area contributed by atoms with Crippen molar-refractivity contribution in [1.29, 1.82) is 0 Å². The summed E-state index contributed by atoms with van der Waals surface area (Å²) in [6.45, 7) is 6.09. The predicted octanol–water partition coefficient (Wildman–Crippen LogP) is 2.81. The van der Waals surface area contributed by atoms with Gasteiger partial charge in [0.05, 0.1) is 12.3 Å². The van der Waals surface area contributed by atoms with Crippen molar-refractivity contribution in [1.82, 2.24) is 15.8 Å². The Morgan fingerprint density at radius 1 is 1.12 bits per heavy atom. The van der Waals surface area contributed by atoms with E-state index in [9.17, 15) is 0 Å². The highest BCUT2D eigenvalue weighted by atomic mass is 16.5. The molecule has 0 aliphatic carbocycles. The van der Waals surface area contributed by atoms with Gasteiger partial charge in [-0.15, -0.1) is 0 Å². The number of benzene rings is 1. The monoisotopic (exact) mass is 344 g/mol. The van der Waals surface area contributed by atoms with Crippen molar-refractivity contribution in [3.63, 3.8) is 0 Å². The first kappa shape index (κ1) is 19.0. The van der Waals surface area contributed by atoms with Gasteiger partial charge >= 0.3 is 0 Å². The average molecular weight is 344 g/mol. The van der Waals surface area contributed by atoms with Crippen molar-refractivity contribution in [2.75, 3.05) is 14.2 Å². The summed E-state index contributed by atoms with van der Waals surface area (Å²) >= 11 is 0. The van der Waals surface area contributed by atoms with E-state index in [2.05, 4.69) is 46.8 Å². The number of hydrogen-bond donors (Lipinski definition) is 2. The van der Waals surface area contributed by atoms with Crippen LogP contribution in [0.3, 0.4) is 0 Å². The molecule has 0 amide bonds. The van der Waals surface area contributed by atoms with E-state index in [-0.39, 0.29) is 0 Å². The summed E-state index contributed by atoms with van der Waals surface area (Å²) < 4.78 is 10.7. The third kappa shape index (κ3) is 5.06. The molecule has 6 heteroatoms. The molecule has 0 saturated carbocycles. The lowest BCUT2D eigenvalue weighted by Gasteiger charge is -2.14. The molecule has 136 valence electrons. The average Bonchev–Trinajstić information content (AvgIpc) is 3.05. The molecule has 25 heavy (non-hydrogen) atoms. The summed E-state index contributed by atoms with van der Waals surface area (Å²) in [6, 6.07) is 8.23. The highest BCUT2D eigenvalue weighted by Gasteiger charge is 2.13. The molecule has 0 spiro atoms. The standard InChI is InChI=1S/C19H28N4O2/c1-5-17-16(18(6-2)25-23-17)12-22-19(20-3)21-11-14-9-7-8-10-15(14)13-24-4/h7-10H,5-6,11-13H2,1-4H3,(H2,20,21,22). The lowest BCUT2D eigenvalue weighted by atomic mass is 10.1. The summed E-state index contributed by atoms with van der Waals surface area (Å²) in [5.41, 5.74) is 4.51. The number of ether oxygens (including phenoxy) is 1. The van der Waals surface area contributed by atoms with E-state index in [0.717, 1.165) is 35.8 Å². The number of methoxy groups -OCH3 is 1. The first-order valence-electron chi connectivity index (χ1n) is 8.69. The van der Waals surface area contributed by atoms with Crippen molar-refractivity contribution in [3.05, 3.63) is 52.4 Å². The van der Waals surface area contributed by atoms with Gasteiger partial charge in [0.1, 0.15) is 5.76 Å². The van der Waals surface area contributed by atoms with Gasteiger partial charge in [0.25, 0.3) is 0 Å². The molecule has 0 fully saturated rings. The maximum atomic E-state index is 5.41. The fourth-order valence-corrected chi connectivity index (χ4v) is 2.74. The van der Waals surface area contributed by atoms with E-state index >= 15 is 0 Å². The molecule has 0 atom stereocenters. The Labute approximate surface area is 149 Å². The Bertz CT molecular complexity index is 673. The zero-order chi connectivity index (χ0) is 18.1. The predicted molar refractivity (Wildman–Crippen MR) is 99.5 cm³/mol. The van der Waals surface area contributed by atoms with Crippen LogP contribution in [-0.2, 0) is 37.3 Å². The molecule has 6 nitrogen and oxygen atoms in total. The summed E-state index contributed by atoms with van der Waals surface area (Å²) in [5, 5.41) is 10.9. The summed E-state index contributed by atoms with van der Waals surface area (Å²) in [4.78, 5) is 4.30. The minimum absolute atomic E-state index is 0.601. The molecular formula is C19H28N4O2. The van der Waals surface area contributed by atoms with Crippen LogP contribution in [0.25, 0.3) is 0 Å². The number of aromatic nitrogens is 1. The summed E-state index contributed by atoms with van der Waals surface area (Å²) in [6.07, 6.45) is 1.69. The highest BCUT2D eigenvalue weighted by molar-refractivity contribution is 5.79. The maximum Gasteiger partial charge on any atom is 0.191 e. The van der Waals surface area contributed by atoms with Crippen LogP contribution in [0.5, 0.6) is 0 Å². The number of aryl methyl sites for hydroxylation is 2. The van der Waals surface area contributed by atoms with E-state index in [0.29, 0.717) is 19.7 Å². The van der Waals surface area contributed by atoms with Gasteiger partial charge in [-0.25, -0.2) is 0 Å². The minimum Gasteiger partial charge on any atom is -0.380 e. The third-order valence-electron chi connectivity index (χ3n) is 4.13. The van der Waals surface area contributed by atoms with E-state index < -0.39 is 0 Å². The second kappa shape index (κ2) is 9.84. The Morgan fingerprint density at radius 3 is 2.48 bits per heavy atom. The fraction of sp³-hybridized carbons (Fsp3) is 0.474. The first-order chi connectivity index (χ1) is 12.2. The SMILES string of the molecule is CCc1noc(CC)c1CNC(=NC)NCc1ccccc1COC. The molecule has 2 aromatic rings. The van der Waals surface area contributed by atoms with Crippen LogP contribution < -0.4 is 10.6 Å². The van der Waals surface area contributed by atoms with E-state index in [1.165, 1.54) is 11.1 Å². The maximum absolute atomic E-state index is 5.41. The van der Waals surface area contributed by atoms with Crippen LogP contribution in [0.4, 0.5) is 0 Å². The van der Waals surface area contributed by atoms with Crippen molar-refractivity contribution in [2.45, 2.75) is 46.4 Å². The van der Waals surface area contributed by atoms with Crippen LogP contribution in [0.1, 0.15) is 42.0 Å². The normalized spacial score (nSPS) is 11.6. The molecule has 2 N–H and O–H groups in total. The van der Waals surface area contributed by atoms with Crippen molar-refractivity contribution in [2.24, 2.45) is 4.99 Å². The fourth-order valence-electron chi connectivity index (χ4n) is 2.74. The van der Waals surface area contributed by atoms with E-state index in [1.54, 1.807) is 14.2 Å². The van der Waals surface area contributed by atoms with Gasteiger partial charge in [0.15, 0.2) is 5.96 Å².